The van der Waals surface area contributed by atoms with E-state index in [1.807, 2.05) is 0 Å². The van der Waals surface area contributed by atoms with Crippen LogP contribution in [0, 0.1) is 0 Å². The molecule has 6 heteroatoms. The third-order valence-corrected chi connectivity index (χ3v) is 2.57. The van der Waals surface area contributed by atoms with E-state index in [4.69, 9.17) is 5.11 Å². The predicted octanol–water partition coefficient (Wildman–Crippen LogP) is 2.81. The molecular formula is C10H11F3O2S. The van der Waals surface area contributed by atoms with E-state index in [-0.39, 0.29) is 12.5 Å². The number of thioether (sulfide) groups is 1. The third-order valence-electron chi connectivity index (χ3n) is 1.68. The number of hydrogen-bond acceptors (Lipinski definition) is 3. The van der Waals surface area contributed by atoms with Gasteiger partial charge in [-0.05, 0) is 17.7 Å². The molecule has 0 aliphatic rings. The smallest absolute Gasteiger partial charge is 0.392 e. The van der Waals surface area contributed by atoms with E-state index in [2.05, 4.69) is 4.74 Å². The summed E-state index contributed by atoms with van der Waals surface area (Å²) in [6, 6.07) is 6.89. The number of ether oxygens (including phenoxy) is 1. The summed E-state index contributed by atoms with van der Waals surface area (Å²) < 4.78 is 39.6. The van der Waals surface area contributed by atoms with E-state index >= 15 is 0 Å². The lowest BCUT2D eigenvalue weighted by molar-refractivity contribution is -0.168. The van der Waals surface area contributed by atoms with Crippen LogP contribution in [0.4, 0.5) is 13.2 Å². The van der Waals surface area contributed by atoms with Crippen LogP contribution in [-0.2, 0) is 11.3 Å². The van der Waals surface area contributed by atoms with Crippen molar-refractivity contribution in [1.29, 1.82) is 0 Å². The zero-order valence-corrected chi connectivity index (χ0v) is 9.14. The van der Waals surface area contributed by atoms with Gasteiger partial charge in [-0.3, -0.25) is 0 Å². The van der Waals surface area contributed by atoms with E-state index in [0.29, 0.717) is 0 Å². The number of aliphatic hydroxyl groups is 1. The summed E-state index contributed by atoms with van der Waals surface area (Å²) in [5.74, 6) is -0.0437. The highest BCUT2D eigenvalue weighted by Gasteiger charge is 2.27. The number of benzene rings is 1. The number of halogens is 3. The van der Waals surface area contributed by atoms with Crippen LogP contribution in [0.2, 0.25) is 0 Å². The minimum absolute atomic E-state index is 0.0437. The molecule has 0 saturated heterocycles. The summed E-state index contributed by atoms with van der Waals surface area (Å²) in [4.78, 5) is 0.805. The quantitative estimate of drug-likeness (QED) is 0.496. The normalized spacial score (nSPS) is 11.8. The van der Waals surface area contributed by atoms with Crippen molar-refractivity contribution in [3.63, 3.8) is 0 Å². The van der Waals surface area contributed by atoms with Gasteiger partial charge in [0, 0.05) is 4.90 Å². The zero-order chi connectivity index (χ0) is 12.0. The molecule has 0 fully saturated rings. The van der Waals surface area contributed by atoms with Gasteiger partial charge in [0.1, 0.15) is 6.61 Å². The van der Waals surface area contributed by atoms with Gasteiger partial charge in [-0.2, -0.15) is 13.2 Å². The van der Waals surface area contributed by atoms with Crippen LogP contribution in [0.25, 0.3) is 0 Å². The average Bonchev–Trinajstić information content (AvgIpc) is 2.24. The maximum absolute atomic E-state index is 11.7. The van der Waals surface area contributed by atoms with Crippen LogP contribution in [0.3, 0.4) is 0 Å². The first-order valence-electron chi connectivity index (χ1n) is 4.48. The predicted molar refractivity (Wildman–Crippen MR) is 55.1 cm³/mol. The summed E-state index contributed by atoms with van der Waals surface area (Å²) in [6.45, 7) is -1.27. The lowest BCUT2D eigenvalue weighted by Gasteiger charge is -2.07. The molecular weight excluding hydrogens is 241 g/mol. The van der Waals surface area contributed by atoms with Gasteiger partial charge in [-0.1, -0.05) is 23.9 Å². The Morgan fingerprint density at radius 2 is 1.81 bits per heavy atom. The van der Waals surface area contributed by atoms with Crippen LogP contribution >= 0.6 is 11.8 Å². The molecule has 0 spiro atoms. The fraction of sp³-hybridized carbons (Fsp3) is 0.400. The van der Waals surface area contributed by atoms with Crippen LogP contribution in [0.5, 0.6) is 0 Å². The van der Waals surface area contributed by atoms with Gasteiger partial charge in [0.15, 0.2) is 0 Å². The largest absolute Gasteiger partial charge is 0.411 e. The molecule has 2 nitrogen and oxygen atoms in total. The van der Waals surface area contributed by atoms with Gasteiger partial charge in [0.25, 0.3) is 0 Å². The van der Waals surface area contributed by atoms with Gasteiger partial charge in [0.05, 0.1) is 12.5 Å². The topological polar surface area (TPSA) is 29.5 Å². The Balaban J connectivity index is 2.27. The summed E-state index contributed by atoms with van der Waals surface area (Å²) in [7, 11) is 0. The van der Waals surface area contributed by atoms with Gasteiger partial charge in [-0.15, -0.1) is 0 Å². The maximum Gasteiger partial charge on any atom is 0.411 e. The molecule has 1 rings (SSSR count). The van der Waals surface area contributed by atoms with Gasteiger partial charge < -0.3 is 9.84 Å². The van der Waals surface area contributed by atoms with E-state index < -0.39 is 12.8 Å². The third kappa shape index (κ3) is 5.39. The zero-order valence-electron chi connectivity index (χ0n) is 8.33. The van der Waals surface area contributed by atoms with Crippen molar-refractivity contribution >= 4 is 11.8 Å². The summed E-state index contributed by atoms with van der Waals surface area (Å²) in [5.41, 5.74) is 0.764. The molecule has 0 bridgehead atoms. The fourth-order valence-electron chi connectivity index (χ4n) is 0.958. The van der Waals surface area contributed by atoms with Crippen molar-refractivity contribution in [1.82, 2.24) is 0 Å². The Kier molecular flexibility index (Phi) is 5.11. The molecule has 0 aliphatic heterocycles. The minimum atomic E-state index is -4.28. The van der Waals surface area contributed by atoms with Gasteiger partial charge in [-0.25, -0.2) is 0 Å². The van der Waals surface area contributed by atoms with Crippen molar-refractivity contribution in [2.24, 2.45) is 0 Å². The van der Waals surface area contributed by atoms with E-state index in [9.17, 15) is 13.2 Å². The van der Waals surface area contributed by atoms with Crippen LogP contribution < -0.4 is 0 Å². The van der Waals surface area contributed by atoms with Crippen molar-refractivity contribution < 1.29 is 23.0 Å². The van der Waals surface area contributed by atoms with E-state index in [1.54, 1.807) is 24.3 Å². The van der Waals surface area contributed by atoms with Crippen LogP contribution in [0.15, 0.2) is 29.2 Å². The molecule has 0 unspecified atom stereocenters. The lowest BCUT2D eigenvalue weighted by atomic mass is 10.2. The van der Waals surface area contributed by atoms with Gasteiger partial charge in [0.2, 0.25) is 0 Å². The summed E-state index contributed by atoms with van der Waals surface area (Å²) in [6.07, 6.45) is -4.28. The Bertz CT molecular complexity index is 311. The molecule has 0 atom stereocenters. The first-order valence-corrected chi connectivity index (χ1v) is 5.47. The van der Waals surface area contributed by atoms with Crippen molar-refractivity contribution in [2.75, 3.05) is 12.5 Å². The standard InChI is InChI=1S/C10H11F3O2S/c11-10(12,13)6-15-7-16-9-3-1-8(5-14)2-4-9/h1-4,14H,5-7H2. The summed E-state index contributed by atoms with van der Waals surface area (Å²) >= 11 is 1.18. The van der Waals surface area contributed by atoms with Crippen LogP contribution in [0.1, 0.15) is 5.56 Å². The molecule has 90 valence electrons. The molecule has 1 aromatic rings. The Morgan fingerprint density at radius 3 is 2.31 bits per heavy atom. The molecule has 1 aromatic carbocycles. The van der Waals surface area contributed by atoms with Crippen LogP contribution in [-0.4, -0.2) is 23.8 Å². The lowest BCUT2D eigenvalue weighted by Crippen LogP contribution is -2.16. The summed E-state index contributed by atoms with van der Waals surface area (Å²) in [5, 5.41) is 8.78. The highest BCUT2D eigenvalue weighted by atomic mass is 32.2. The first kappa shape index (κ1) is 13.3. The fourth-order valence-corrected chi connectivity index (χ4v) is 1.59. The second kappa shape index (κ2) is 6.12. The molecule has 0 heterocycles. The first-order chi connectivity index (χ1) is 7.51. The Morgan fingerprint density at radius 1 is 1.19 bits per heavy atom. The highest BCUT2D eigenvalue weighted by molar-refractivity contribution is 7.99. The molecule has 0 radical (unpaired) electrons. The minimum Gasteiger partial charge on any atom is -0.392 e. The monoisotopic (exact) mass is 252 g/mol. The Hall–Kier alpha value is -0.720. The molecule has 0 amide bonds. The second-order valence-corrected chi connectivity index (χ2v) is 4.02. The number of alkyl halides is 3. The molecule has 0 saturated carbocycles. The molecule has 0 aromatic heterocycles. The second-order valence-electron chi connectivity index (χ2n) is 3.03. The van der Waals surface area contributed by atoms with E-state index in [1.165, 1.54) is 11.8 Å². The number of aliphatic hydroxyl groups excluding tert-OH is 1. The molecule has 1 N–H and O–H groups in total. The molecule has 0 aliphatic carbocycles. The maximum atomic E-state index is 11.7. The Labute approximate surface area is 95.4 Å². The SMILES string of the molecule is OCc1ccc(SCOCC(F)(F)F)cc1. The average molecular weight is 252 g/mol. The number of rotatable bonds is 5. The highest BCUT2D eigenvalue weighted by Crippen LogP contribution is 2.20. The number of hydrogen-bond donors (Lipinski definition) is 1. The van der Waals surface area contributed by atoms with Gasteiger partial charge >= 0.3 is 6.18 Å². The van der Waals surface area contributed by atoms with E-state index in [0.717, 1.165) is 10.5 Å². The van der Waals surface area contributed by atoms with Crippen molar-refractivity contribution in [3.05, 3.63) is 29.8 Å². The molecule has 16 heavy (non-hydrogen) atoms. The van der Waals surface area contributed by atoms with Crippen molar-refractivity contribution in [2.45, 2.75) is 17.7 Å². The van der Waals surface area contributed by atoms with Crippen molar-refractivity contribution in [3.8, 4) is 0 Å².